The fraction of sp³-hybridized carbons (Fsp3) is 0.296. The number of carbonyl (C=O) groups is 1. The van der Waals surface area contributed by atoms with Gasteiger partial charge in [0.05, 0.1) is 6.54 Å². The lowest BCUT2D eigenvalue weighted by Crippen LogP contribution is -2.37. The van der Waals surface area contributed by atoms with Crippen molar-refractivity contribution in [3.05, 3.63) is 106 Å². The maximum atomic E-state index is 12.6. The maximum Gasteiger partial charge on any atom is 0.321 e. The lowest BCUT2D eigenvalue weighted by atomic mass is 9.78. The van der Waals surface area contributed by atoms with Crippen LogP contribution in [0.25, 0.3) is 0 Å². The van der Waals surface area contributed by atoms with Crippen LogP contribution in [-0.2, 0) is 15.1 Å². The number of rotatable bonds is 6. The van der Waals surface area contributed by atoms with Gasteiger partial charge in [0.2, 0.25) is 0 Å². The van der Waals surface area contributed by atoms with E-state index in [-0.39, 0.29) is 6.54 Å². The van der Waals surface area contributed by atoms with Gasteiger partial charge in [0.25, 0.3) is 0 Å². The van der Waals surface area contributed by atoms with E-state index in [4.69, 9.17) is 22.1 Å². The Morgan fingerprint density at radius 2 is 1.48 bits per heavy atom. The Morgan fingerprint density at radius 3 is 2.13 bits per heavy atom. The van der Waals surface area contributed by atoms with Crippen molar-refractivity contribution in [2.75, 3.05) is 6.54 Å². The molecule has 3 aromatic carbocycles. The van der Waals surface area contributed by atoms with Gasteiger partial charge in [-0.15, -0.1) is 0 Å². The Labute approximate surface area is 189 Å². The van der Waals surface area contributed by atoms with Crippen molar-refractivity contribution in [1.82, 2.24) is 0 Å². The molecule has 1 fully saturated rings. The predicted octanol–water partition coefficient (Wildman–Crippen LogP) is 6.18. The van der Waals surface area contributed by atoms with Crippen LogP contribution >= 0.6 is 11.6 Å². The first kappa shape index (κ1) is 21.6. The van der Waals surface area contributed by atoms with E-state index in [1.165, 1.54) is 37.7 Å². The SMILES string of the molecule is NCC(=O)OC(c1ccccc1)(c1ccc(C2CCCCC2)cc1)c1ccccc1Cl. The van der Waals surface area contributed by atoms with Crippen molar-refractivity contribution in [2.24, 2.45) is 5.73 Å². The minimum absolute atomic E-state index is 0.209. The number of benzene rings is 3. The molecule has 0 spiro atoms. The smallest absolute Gasteiger partial charge is 0.321 e. The van der Waals surface area contributed by atoms with Gasteiger partial charge < -0.3 is 10.5 Å². The summed E-state index contributed by atoms with van der Waals surface area (Å²) in [5.41, 5.74) is 8.23. The molecule has 0 heterocycles. The van der Waals surface area contributed by atoms with Crippen LogP contribution in [0.2, 0.25) is 5.02 Å². The highest BCUT2D eigenvalue weighted by Gasteiger charge is 2.42. The van der Waals surface area contributed by atoms with Crippen molar-refractivity contribution < 1.29 is 9.53 Å². The molecule has 31 heavy (non-hydrogen) atoms. The summed E-state index contributed by atoms with van der Waals surface area (Å²) in [6.45, 7) is -0.209. The first-order valence-corrected chi connectivity index (χ1v) is 11.4. The van der Waals surface area contributed by atoms with E-state index in [1.54, 1.807) is 0 Å². The molecule has 4 rings (SSSR count). The highest BCUT2D eigenvalue weighted by Crippen LogP contribution is 2.44. The summed E-state index contributed by atoms with van der Waals surface area (Å²) in [6, 6.07) is 25.8. The molecule has 0 aromatic heterocycles. The zero-order valence-electron chi connectivity index (χ0n) is 17.6. The topological polar surface area (TPSA) is 52.3 Å². The number of nitrogens with two attached hydrogens (primary N) is 1. The number of halogens is 1. The monoisotopic (exact) mass is 433 g/mol. The van der Waals surface area contributed by atoms with E-state index < -0.39 is 11.6 Å². The molecule has 0 aliphatic heterocycles. The van der Waals surface area contributed by atoms with Gasteiger partial charge in [-0.05, 0) is 30.4 Å². The first-order chi connectivity index (χ1) is 15.1. The zero-order chi connectivity index (χ0) is 21.7. The molecule has 0 radical (unpaired) electrons. The van der Waals surface area contributed by atoms with E-state index in [2.05, 4.69) is 24.3 Å². The Hall–Kier alpha value is -2.62. The van der Waals surface area contributed by atoms with E-state index in [0.717, 1.165) is 16.7 Å². The third-order valence-corrected chi connectivity index (χ3v) is 6.59. The standard InChI is InChI=1S/C27H28ClNO2/c28-25-14-8-7-13-24(25)27(31-26(30)19-29,22-11-5-2-6-12-22)23-17-15-21(16-18-23)20-9-3-1-4-10-20/h2,5-8,11-18,20H,1,3-4,9-10,19,29H2. The number of carbonyl (C=O) groups excluding carboxylic acids is 1. The molecule has 160 valence electrons. The van der Waals surface area contributed by atoms with Crippen molar-refractivity contribution in [2.45, 2.75) is 43.6 Å². The van der Waals surface area contributed by atoms with Crippen LogP contribution in [-0.4, -0.2) is 12.5 Å². The molecule has 1 atom stereocenters. The van der Waals surface area contributed by atoms with E-state index in [9.17, 15) is 4.79 Å². The summed E-state index contributed by atoms with van der Waals surface area (Å²) >= 11 is 6.67. The Bertz CT molecular complexity index is 1010. The van der Waals surface area contributed by atoms with Crippen molar-refractivity contribution >= 4 is 17.6 Å². The summed E-state index contributed by atoms with van der Waals surface area (Å²) in [5, 5.41) is 0.535. The lowest BCUT2D eigenvalue weighted by molar-refractivity contribution is -0.151. The molecular formula is C27H28ClNO2. The average molecular weight is 434 g/mol. The Kier molecular flexibility index (Phi) is 6.74. The molecule has 3 nitrogen and oxygen atoms in total. The molecule has 1 aliphatic rings. The highest BCUT2D eigenvalue weighted by atomic mass is 35.5. The molecule has 2 N–H and O–H groups in total. The second-order valence-corrected chi connectivity index (χ2v) is 8.57. The van der Waals surface area contributed by atoms with Crippen LogP contribution < -0.4 is 5.73 Å². The molecule has 0 amide bonds. The molecule has 1 unspecified atom stereocenters. The largest absolute Gasteiger partial charge is 0.443 e. The van der Waals surface area contributed by atoms with Gasteiger partial charge >= 0.3 is 5.97 Å². The molecule has 4 heteroatoms. The summed E-state index contributed by atoms with van der Waals surface area (Å²) in [5.74, 6) is 0.112. The van der Waals surface area contributed by atoms with Crippen LogP contribution in [0, 0.1) is 0 Å². The zero-order valence-corrected chi connectivity index (χ0v) is 18.4. The minimum Gasteiger partial charge on any atom is -0.443 e. The van der Waals surface area contributed by atoms with Gasteiger partial charge in [0, 0.05) is 21.7 Å². The average Bonchev–Trinajstić information content (AvgIpc) is 2.84. The van der Waals surface area contributed by atoms with Crippen molar-refractivity contribution in [3.8, 4) is 0 Å². The van der Waals surface area contributed by atoms with Crippen LogP contribution in [0.3, 0.4) is 0 Å². The summed E-state index contributed by atoms with van der Waals surface area (Å²) in [6.07, 6.45) is 6.36. The van der Waals surface area contributed by atoms with E-state index in [1.807, 2.05) is 54.6 Å². The molecule has 0 bridgehead atoms. The summed E-state index contributed by atoms with van der Waals surface area (Å²) in [7, 11) is 0. The molecule has 1 aliphatic carbocycles. The van der Waals surface area contributed by atoms with Gasteiger partial charge in [-0.1, -0.05) is 104 Å². The quantitative estimate of drug-likeness (QED) is 0.373. The summed E-state index contributed by atoms with van der Waals surface area (Å²) in [4.78, 5) is 12.6. The predicted molar refractivity (Wildman–Crippen MR) is 125 cm³/mol. The van der Waals surface area contributed by atoms with Gasteiger partial charge in [-0.25, -0.2) is 0 Å². The van der Waals surface area contributed by atoms with Gasteiger partial charge in [-0.2, -0.15) is 0 Å². The van der Waals surface area contributed by atoms with Gasteiger partial charge in [0.1, 0.15) is 0 Å². The maximum absolute atomic E-state index is 12.6. The molecule has 1 saturated carbocycles. The third kappa shape index (κ3) is 4.39. The fourth-order valence-electron chi connectivity index (χ4n) is 4.71. The van der Waals surface area contributed by atoms with E-state index in [0.29, 0.717) is 10.9 Å². The number of hydrogen-bond acceptors (Lipinski definition) is 3. The Morgan fingerprint density at radius 1 is 0.871 bits per heavy atom. The van der Waals surface area contributed by atoms with E-state index >= 15 is 0 Å². The first-order valence-electron chi connectivity index (χ1n) is 11.0. The molecule has 3 aromatic rings. The third-order valence-electron chi connectivity index (χ3n) is 6.26. The second kappa shape index (κ2) is 9.67. The highest BCUT2D eigenvalue weighted by molar-refractivity contribution is 6.31. The fourth-order valence-corrected chi connectivity index (χ4v) is 4.98. The molecular weight excluding hydrogens is 406 g/mol. The minimum atomic E-state index is -1.18. The van der Waals surface area contributed by atoms with Crippen LogP contribution in [0.4, 0.5) is 0 Å². The number of ether oxygens (including phenoxy) is 1. The molecule has 0 saturated heterocycles. The van der Waals surface area contributed by atoms with Crippen LogP contribution in [0.5, 0.6) is 0 Å². The lowest BCUT2D eigenvalue weighted by Gasteiger charge is -2.36. The van der Waals surface area contributed by atoms with Gasteiger partial charge in [-0.3, -0.25) is 4.79 Å². The number of hydrogen-bond donors (Lipinski definition) is 1. The summed E-state index contributed by atoms with van der Waals surface area (Å²) < 4.78 is 6.16. The van der Waals surface area contributed by atoms with Crippen molar-refractivity contribution in [3.63, 3.8) is 0 Å². The van der Waals surface area contributed by atoms with Crippen LogP contribution in [0.1, 0.15) is 60.3 Å². The Balaban J connectivity index is 1.88. The number of esters is 1. The van der Waals surface area contributed by atoms with Crippen LogP contribution in [0.15, 0.2) is 78.9 Å². The second-order valence-electron chi connectivity index (χ2n) is 8.16. The van der Waals surface area contributed by atoms with Crippen molar-refractivity contribution in [1.29, 1.82) is 0 Å². The normalized spacial score (nSPS) is 16.5. The van der Waals surface area contributed by atoms with Gasteiger partial charge in [0.15, 0.2) is 5.60 Å².